The average Bonchev–Trinajstić information content (AvgIpc) is 3.11. The van der Waals surface area contributed by atoms with Gasteiger partial charge < -0.3 is 26.7 Å². The Morgan fingerprint density at radius 1 is 1.13 bits per heavy atom. The van der Waals surface area contributed by atoms with Crippen LogP contribution in [0.4, 0.5) is 4.79 Å². The van der Waals surface area contributed by atoms with Crippen molar-refractivity contribution in [3.63, 3.8) is 0 Å². The van der Waals surface area contributed by atoms with E-state index in [1.54, 1.807) is 6.92 Å². The molecule has 2 aromatic rings. The quantitative estimate of drug-likeness (QED) is 0.339. The normalized spacial score (nSPS) is 13.2. The highest BCUT2D eigenvalue weighted by atomic mass is 16.2. The number of carbonyl (C=O) groups is 3. The van der Waals surface area contributed by atoms with Crippen LogP contribution in [-0.4, -0.2) is 47.4 Å². The Balaban J connectivity index is 2.09. The molecule has 3 amide bonds. The number of nitrogens with two attached hydrogens (primary N) is 1. The molecule has 8 heteroatoms. The van der Waals surface area contributed by atoms with Crippen molar-refractivity contribution in [3.8, 4) is 0 Å². The summed E-state index contributed by atoms with van der Waals surface area (Å²) in [4.78, 5) is 39.6. The first-order valence-electron chi connectivity index (χ1n) is 10.5. The van der Waals surface area contributed by atoms with E-state index in [1.165, 1.54) is 0 Å². The molecular formula is C22H33N5O3. The number of hydrogen-bond donors (Lipinski definition) is 5. The minimum absolute atomic E-state index is 0.00711. The predicted octanol–water partition coefficient (Wildman–Crippen LogP) is 1.99. The van der Waals surface area contributed by atoms with Crippen molar-refractivity contribution in [2.75, 3.05) is 6.54 Å². The van der Waals surface area contributed by atoms with Gasteiger partial charge in [0, 0.05) is 42.5 Å². The van der Waals surface area contributed by atoms with Crippen LogP contribution in [-0.2, 0) is 16.0 Å². The number of Topliss-reactive ketones (excluding diaryl/α,β-unsaturated/α-hetero) is 1. The van der Waals surface area contributed by atoms with Gasteiger partial charge in [0.05, 0.1) is 12.1 Å². The topological polar surface area (TPSA) is 129 Å². The number of nitrogens with one attached hydrogen (secondary N) is 4. The lowest BCUT2D eigenvalue weighted by Gasteiger charge is -2.24. The van der Waals surface area contributed by atoms with Gasteiger partial charge in [0.25, 0.3) is 0 Å². The molecule has 0 spiro atoms. The zero-order chi connectivity index (χ0) is 22.1. The number of rotatable bonds is 12. The predicted molar refractivity (Wildman–Crippen MR) is 118 cm³/mol. The van der Waals surface area contributed by atoms with Crippen LogP contribution in [0.25, 0.3) is 10.9 Å². The largest absolute Gasteiger partial charge is 0.361 e. The maximum absolute atomic E-state index is 13.0. The maximum Gasteiger partial charge on any atom is 0.312 e. The Labute approximate surface area is 177 Å². The van der Waals surface area contributed by atoms with E-state index in [0.29, 0.717) is 32.2 Å². The number of amides is 3. The van der Waals surface area contributed by atoms with Gasteiger partial charge in [-0.15, -0.1) is 0 Å². The van der Waals surface area contributed by atoms with Crippen LogP contribution < -0.4 is 21.7 Å². The van der Waals surface area contributed by atoms with Crippen LogP contribution in [0.2, 0.25) is 0 Å². The van der Waals surface area contributed by atoms with Crippen LogP contribution in [0.3, 0.4) is 0 Å². The minimum atomic E-state index is -0.595. The van der Waals surface area contributed by atoms with Crippen molar-refractivity contribution in [2.24, 2.45) is 5.73 Å². The Morgan fingerprint density at radius 2 is 1.87 bits per heavy atom. The van der Waals surface area contributed by atoms with E-state index in [1.807, 2.05) is 44.3 Å². The summed E-state index contributed by atoms with van der Waals surface area (Å²) >= 11 is 0. The van der Waals surface area contributed by atoms with Crippen LogP contribution in [0.15, 0.2) is 30.5 Å². The smallest absolute Gasteiger partial charge is 0.312 e. The van der Waals surface area contributed by atoms with Gasteiger partial charge in [0.15, 0.2) is 5.78 Å². The fourth-order valence-electron chi connectivity index (χ4n) is 3.49. The summed E-state index contributed by atoms with van der Waals surface area (Å²) in [5.74, 6) is -0.221. The van der Waals surface area contributed by atoms with E-state index in [-0.39, 0.29) is 17.7 Å². The molecule has 1 heterocycles. The van der Waals surface area contributed by atoms with E-state index in [2.05, 4.69) is 20.9 Å². The van der Waals surface area contributed by atoms with Crippen LogP contribution >= 0.6 is 0 Å². The highest BCUT2D eigenvalue weighted by Crippen LogP contribution is 2.19. The monoisotopic (exact) mass is 415 g/mol. The minimum Gasteiger partial charge on any atom is -0.361 e. The van der Waals surface area contributed by atoms with Crippen molar-refractivity contribution in [1.82, 2.24) is 20.9 Å². The highest BCUT2D eigenvalue weighted by Gasteiger charge is 2.26. The summed E-state index contributed by atoms with van der Waals surface area (Å²) in [6, 6.07) is 6.35. The van der Waals surface area contributed by atoms with E-state index in [0.717, 1.165) is 16.5 Å². The molecule has 0 bridgehead atoms. The molecular weight excluding hydrogens is 382 g/mol. The second-order valence-electron chi connectivity index (χ2n) is 7.75. The Morgan fingerprint density at radius 3 is 2.53 bits per heavy atom. The number of fused-ring (bicyclic) bond motifs is 1. The first kappa shape index (κ1) is 23.4. The fraction of sp³-hybridized carbons (Fsp3) is 0.500. The summed E-state index contributed by atoms with van der Waals surface area (Å²) in [6.45, 7) is 6.12. The Kier molecular flexibility index (Phi) is 8.86. The summed E-state index contributed by atoms with van der Waals surface area (Å²) in [6.07, 6.45) is 3.78. The number of urea groups is 1. The molecule has 0 aliphatic heterocycles. The third-order valence-corrected chi connectivity index (χ3v) is 4.97. The zero-order valence-corrected chi connectivity index (χ0v) is 18.0. The first-order chi connectivity index (χ1) is 14.3. The number of primary amides is 1. The molecule has 2 rings (SSSR count). The van der Waals surface area contributed by atoms with Gasteiger partial charge in [-0.2, -0.15) is 0 Å². The molecule has 0 saturated heterocycles. The molecule has 0 saturated carbocycles. The van der Waals surface area contributed by atoms with E-state index in [4.69, 9.17) is 5.73 Å². The van der Waals surface area contributed by atoms with Gasteiger partial charge in [-0.3, -0.25) is 9.59 Å². The van der Waals surface area contributed by atoms with Gasteiger partial charge >= 0.3 is 6.03 Å². The number of H-pyrrole nitrogens is 1. The molecule has 164 valence electrons. The lowest BCUT2D eigenvalue weighted by atomic mass is 9.99. The Bertz CT molecular complexity index is 861. The van der Waals surface area contributed by atoms with Gasteiger partial charge in [0.2, 0.25) is 5.91 Å². The number of aromatic nitrogens is 1. The van der Waals surface area contributed by atoms with Crippen LogP contribution in [0.1, 0.15) is 45.6 Å². The summed E-state index contributed by atoms with van der Waals surface area (Å²) in [7, 11) is 0. The second kappa shape index (κ2) is 11.3. The molecule has 2 atom stereocenters. The molecule has 0 unspecified atom stereocenters. The van der Waals surface area contributed by atoms with Gasteiger partial charge in [-0.05, 0) is 24.5 Å². The number of benzene rings is 1. The average molecular weight is 416 g/mol. The van der Waals surface area contributed by atoms with Crippen molar-refractivity contribution < 1.29 is 14.4 Å². The van der Waals surface area contributed by atoms with Crippen LogP contribution in [0, 0.1) is 0 Å². The second-order valence-corrected chi connectivity index (χ2v) is 7.75. The van der Waals surface area contributed by atoms with E-state index < -0.39 is 18.1 Å². The summed E-state index contributed by atoms with van der Waals surface area (Å²) in [5.41, 5.74) is 7.08. The van der Waals surface area contributed by atoms with Crippen molar-refractivity contribution in [2.45, 2.75) is 64.6 Å². The maximum atomic E-state index is 13.0. The van der Waals surface area contributed by atoms with Gasteiger partial charge in [-0.1, -0.05) is 39.0 Å². The third-order valence-electron chi connectivity index (χ3n) is 4.97. The fourth-order valence-corrected chi connectivity index (χ4v) is 3.49. The number of aromatic amines is 1. The molecule has 0 radical (unpaired) electrons. The number of carbonyl (C=O) groups excluding carboxylic acids is 3. The number of hydrogen-bond acceptors (Lipinski definition) is 4. The molecule has 1 aromatic carbocycles. The first-order valence-corrected chi connectivity index (χ1v) is 10.5. The van der Waals surface area contributed by atoms with Gasteiger partial charge in [-0.25, -0.2) is 4.79 Å². The van der Waals surface area contributed by atoms with E-state index in [9.17, 15) is 14.4 Å². The third kappa shape index (κ3) is 6.88. The molecule has 30 heavy (non-hydrogen) atoms. The molecule has 0 aliphatic rings. The molecule has 6 N–H and O–H groups in total. The summed E-state index contributed by atoms with van der Waals surface area (Å²) < 4.78 is 0. The van der Waals surface area contributed by atoms with Crippen molar-refractivity contribution in [3.05, 3.63) is 36.0 Å². The zero-order valence-electron chi connectivity index (χ0n) is 18.0. The highest BCUT2D eigenvalue weighted by molar-refractivity contribution is 5.92. The number of para-hydroxylation sites is 1. The molecule has 8 nitrogen and oxygen atoms in total. The van der Waals surface area contributed by atoms with Crippen LogP contribution in [0.5, 0.6) is 0 Å². The molecule has 1 aromatic heterocycles. The standard InChI is InChI=1S/C22H33N5O3/c1-4-20(28)19(12-15-13-25-17-9-6-5-8-16(15)17)27-21(29)18(26-14(2)3)10-7-11-24-22(23)30/h5-6,8-9,13-14,18-19,25-26H,4,7,10-12H2,1-3H3,(H,27,29)(H3,23,24,30)/t18-,19-/m0/s1. The molecule has 0 fully saturated rings. The van der Waals surface area contributed by atoms with E-state index >= 15 is 0 Å². The van der Waals surface area contributed by atoms with Gasteiger partial charge in [0.1, 0.15) is 0 Å². The summed E-state index contributed by atoms with van der Waals surface area (Å²) in [5, 5.41) is 9.77. The SMILES string of the molecule is CCC(=O)[C@H](Cc1c[nH]c2ccccc12)NC(=O)[C@H](CCCNC(N)=O)NC(C)C. The number of ketones is 1. The molecule has 0 aliphatic carbocycles. The Hall–Kier alpha value is -2.87. The van der Waals surface area contributed by atoms with Crippen molar-refractivity contribution in [1.29, 1.82) is 0 Å². The van der Waals surface area contributed by atoms with Crippen molar-refractivity contribution >= 4 is 28.6 Å². The lowest BCUT2D eigenvalue weighted by molar-refractivity contribution is -0.129. The lowest BCUT2D eigenvalue weighted by Crippen LogP contribution is -2.52.